The molecule has 2 aromatic rings. The molecule has 2 rings (SSSR count). The Balaban J connectivity index is 2.95. The zero-order valence-corrected chi connectivity index (χ0v) is 7.07. The Morgan fingerprint density at radius 1 is 1.42 bits per heavy atom. The number of phenolic OH excluding ortho intramolecular Hbond substituents is 1. The highest BCUT2D eigenvalue weighted by atomic mass is 16.3. The first-order chi connectivity index (χ1) is 5.70. The lowest BCUT2D eigenvalue weighted by atomic mass is 10.3. The molecule has 1 aromatic heterocycles. The molecule has 0 aliphatic carbocycles. The molecule has 0 atom stereocenters. The van der Waals surface area contributed by atoms with Crippen LogP contribution in [0, 0.1) is 6.92 Å². The maximum absolute atomic E-state index is 9.43. The molecule has 3 nitrogen and oxygen atoms in total. The zero-order chi connectivity index (χ0) is 8.72. The average molecular weight is 162 g/mol. The van der Waals surface area contributed by atoms with E-state index in [4.69, 9.17) is 0 Å². The summed E-state index contributed by atoms with van der Waals surface area (Å²) >= 11 is 0. The van der Waals surface area contributed by atoms with Crippen molar-refractivity contribution in [2.75, 3.05) is 0 Å². The van der Waals surface area contributed by atoms with E-state index in [1.807, 2.05) is 30.7 Å². The van der Waals surface area contributed by atoms with Crippen molar-refractivity contribution in [1.82, 2.24) is 9.55 Å². The van der Waals surface area contributed by atoms with Crippen molar-refractivity contribution in [1.29, 1.82) is 0 Å². The topological polar surface area (TPSA) is 38.1 Å². The Morgan fingerprint density at radius 3 is 2.83 bits per heavy atom. The van der Waals surface area contributed by atoms with E-state index < -0.39 is 0 Å². The minimum Gasteiger partial charge on any atom is -0.506 e. The summed E-state index contributed by atoms with van der Waals surface area (Å²) in [5, 5.41) is 9.43. The van der Waals surface area contributed by atoms with Gasteiger partial charge in [0.25, 0.3) is 0 Å². The van der Waals surface area contributed by atoms with Gasteiger partial charge in [-0.25, -0.2) is 4.98 Å². The van der Waals surface area contributed by atoms with Crippen molar-refractivity contribution in [2.24, 2.45) is 7.05 Å². The number of aromatic hydroxyl groups is 1. The van der Waals surface area contributed by atoms with Crippen LogP contribution in [-0.4, -0.2) is 14.7 Å². The van der Waals surface area contributed by atoms with Gasteiger partial charge in [0.2, 0.25) is 0 Å². The fourth-order valence-electron chi connectivity index (χ4n) is 1.32. The number of hydrogen-bond acceptors (Lipinski definition) is 2. The van der Waals surface area contributed by atoms with Crippen LogP contribution in [0.2, 0.25) is 0 Å². The predicted octanol–water partition coefficient (Wildman–Crippen LogP) is 1.59. The van der Waals surface area contributed by atoms with Crippen LogP contribution in [0.25, 0.3) is 11.0 Å². The van der Waals surface area contributed by atoms with Crippen LogP contribution >= 0.6 is 0 Å². The van der Waals surface area contributed by atoms with Gasteiger partial charge in [-0.2, -0.15) is 0 Å². The molecule has 0 amide bonds. The lowest BCUT2D eigenvalue weighted by Gasteiger charge is -1.95. The largest absolute Gasteiger partial charge is 0.506 e. The summed E-state index contributed by atoms with van der Waals surface area (Å²) in [5.74, 6) is 1.16. The standard InChI is InChI=1S/C9H10N2O/c1-6-10-9-7(11(6)2)4-3-5-8(9)12/h3-5,12H,1-2H3. The second-order valence-electron chi connectivity index (χ2n) is 2.86. The van der Waals surface area contributed by atoms with Gasteiger partial charge in [0.1, 0.15) is 17.1 Å². The van der Waals surface area contributed by atoms with Crippen molar-refractivity contribution >= 4 is 11.0 Å². The van der Waals surface area contributed by atoms with Crippen LogP contribution < -0.4 is 0 Å². The number of aryl methyl sites for hydroxylation is 2. The number of rotatable bonds is 0. The van der Waals surface area contributed by atoms with Gasteiger partial charge >= 0.3 is 0 Å². The number of imidazole rings is 1. The molecule has 0 spiro atoms. The van der Waals surface area contributed by atoms with Gasteiger partial charge in [0.05, 0.1) is 5.52 Å². The molecule has 0 aliphatic rings. The van der Waals surface area contributed by atoms with Crippen molar-refractivity contribution in [3.8, 4) is 5.75 Å². The quantitative estimate of drug-likeness (QED) is 0.638. The maximum atomic E-state index is 9.43. The highest BCUT2D eigenvalue weighted by Crippen LogP contribution is 2.23. The molecule has 0 saturated carbocycles. The Labute approximate surface area is 70.3 Å². The molecular weight excluding hydrogens is 152 g/mol. The van der Waals surface area contributed by atoms with Gasteiger partial charge in [-0.3, -0.25) is 0 Å². The van der Waals surface area contributed by atoms with Crippen LogP contribution in [0.5, 0.6) is 5.75 Å². The van der Waals surface area contributed by atoms with Crippen LogP contribution in [0.4, 0.5) is 0 Å². The minimum atomic E-state index is 0.246. The smallest absolute Gasteiger partial charge is 0.143 e. The molecule has 0 unspecified atom stereocenters. The van der Waals surface area contributed by atoms with Gasteiger partial charge in [-0.05, 0) is 19.1 Å². The number of phenols is 1. The van der Waals surface area contributed by atoms with Crippen LogP contribution in [0.3, 0.4) is 0 Å². The molecule has 0 fully saturated rings. The summed E-state index contributed by atoms with van der Waals surface area (Å²) < 4.78 is 1.95. The molecular formula is C9H10N2O. The molecule has 12 heavy (non-hydrogen) atoms. The Bertz CT molecular complexity index is 431. The number of benzene rings is 1. The lowest BCUT2D eigenvalue weighted by Crippen LogP contribution is -1.89. The average Bonchev–Trinajstić information content (AvgIpc) is 2.32. The predicted molar refractivity (Wildman–Crippen MR) is 47.1 cm³/mol. The van der Waals surface area contributed by atoms with Gasteiger partial charge < -0.3 is 9.67 Å². The molecule has 1 heterocycles. The van der Waals surface area contributed by atoms with Gasteiger partial charge in [0, 0.05) is 7.05 Å². The summed E-state index contributed by atoms with van der Waals surface area (Å²) in [6.07, 6.45) is 0. The third kappa shape index (κ3) is 0.794. The molecule has 0 bridgehead atoms. The third-order valence-corrected chi connectivity index (χ3v) is 2.11. The third-order valence-electron chi connectivity index (χ3n) is 2.11. The van der Waals surface area contributed by atoms with Crippen molar-refractivity contribution in [3.63, 3.8) is 0 Å². The molecule has 3 heteroatoms. The van der Waals surface area contributed by atoms with E-state index in [2.05, 4.69) is 4.98 Å². The van der Waals surface area contributed by atoms with Crippen molar-refractivity contribution in [2.45, 2.75) is 6.92 Å². The van der Waals surface area contributed by atoms with E-state index in [1.54, 1.807) is 6.07 Å². The van der Waals surface area contributed by atoms with E-state index in [-0.39, 0.29) is 5.75 Å². The summed E-state index contributed by atoms with van der Waals surface area (Å²) in [6.45, 7) is 1.92. The number of hydrogen-bond donors (Lipinski definition) is 1. The SMILES string of the molecule is Cc1nc2c(O)cccc2n1C. The molecule has 1 N–H and O–H groups in total. The monoisotopic (exact) mass is 162 g/mol. The zero-order valence-electron chi connectivity index (χ0n) is 7.07. The highest BCUT2D eigenvalue weighted by molar-refractivity contribution is 5.81. The van der Waals surface area contributed by atoms with E-state index in [9.17, 15) is 5.11 Å². The van der Waals surface area contributed by atoms with E-state index >= 15 is 0 Å². The summed E-state index contributed by atoms with van der Waals surface area (Å²) in [7, 11) is 1.93. The van der Waals surface area contributed by atoms with E-state index in [0.29, 0.717) is 5.52 Å². The normalized spacial score (nSPS) is 10.8. The number of fused-ring (bicyclic) bond motifs is 1. The molecule has 0 radical (unpaired) electrons. The fourth-order valence-corrected chi connectivity index (χ4v) is 1.32. The lowest BCUT2D eigenvalue weighted by molar-refractivity contribution is 0.480. The van der Waals surface area contributed by atoms with Crippen molar-refractivity contribution < 1.29 is 5.11 Å². The second kappa shape index (κ2) is 2.24. The first-order valence-corrected chi connectivity index (χ1v) is 3.81. The first kappa shape index (κ1) is 7.16. The van der Waals surface area contributed by atoms with E-state index in [1.165, 1.54) is 0 Å². The van der Waals surface area contributed by atoms with Crippen LogP contribution in [-0.2, 0) is 7.05 Å². The molecule has 0 aliphatic heterocycles. The summed E-state index contributed by atoms with van der Waals surface area (Å²) in [5.41, 5.74) is 1.64. The van der Waals surface area contributed by atoms with Gasteiger partial charge in [-0.1, -0.05) is 6.07 Å². The fraction of sp³-hybridized carbons (Fsp3) is 0.222. The minimum absolute atomic E-state index is 0.246. The summed E-state index contributed by atoms with van der Waals surface area (Å²) in [4.78, 5) is 4.23. The van der Waals surface area contributed by atoms with Crippen LogP contribution in [0.15, 0.2) is 18.2 Å². The first-order valence-electron chi connectivity index (χ1n) is 3.81. The Hall–Kier alpha value is -1.51. The maximum Gasteiger partial charge on any atom is 0.143 e. The van der Waals surface area contributed by atoms with Crippen LogP contribution in [0.1, 0.15) is 5.82 Å². The van der Waals surface area contributed by atoms with Crippen molar-refractivity contribution in [3.05, 3.63) is 24.0 Å². The number of nitrogens with zero attached hydrogens (tertiary/aromatic N) is 2. The number of para-hydroxylation sites is 1. The second-order valence-corrected chi connectivity index (χ2v) is 2.86. The highest BCUT2D eigenvalue weighted by Gasteiger charge is 2.05. The Kier molecular flexibility index (Phi) is 1.33. The summed E-state index contributed by atoms with van der Waals surface area (Å²) in [6, 6.07) is 5.41. The Morgan fingerprint density at radius 2 is 2.17 bits per heavy atom. The molecule has 0 saturated heterocycles. The van der Waals surface area contributed by atoms with E-state index in [0.717, 1.165) is 11.3 Å². The molecule has 62 valence electrons. The van der Waals surface area contributed by atoms with Gasteiger partial charge in [-0.15, -0.1) is 0 Å². The van der Waals surface area contributed by atoms with Gasteiger partial charge in [0.15, 0.2) is 0 Å². The molecule has 1 aromatic carbocycles. The number of aromatic nitrogens is 2.